The van der Waals surface area contributed by atoms with Gasteiger partial charge in [0, 0.05) is 7.11 Å². The number of aliphatic hydroxyl groups excluding tert-OH is 4. The molecule has 0 radical (unpaired) electrons. The van der Waals surface area contributed by atoms with E-state index < -0.39 is 41.5 Å². The zero-order valence-electron chi connectivity index (χ0n) is 20.0. The first-order valence-electron chi connectivity index (χ1n) is 12.4. The Balaban J connectivity index is 1.71. The lowest BCUT2D eigenvalue weighted by Crippen LogP contribution is -2.58. The van der Waals surface area contributed by atoms with E-state index in [1.165, 1.54) is 0 Å². The van der Waals surface area contributed by atoms with Crippen molar-refractivity contribution in [3.63, 3.8) is 0 Å². The highest BCUT2D eigenvalue weighted by Crippen LogP contribution is 2.36. The van der Waals surface area contributed by atoms with Gasteiger partial charge >= 0.3 is 17.1 Å². The monoisotopic (exact) mass is 498 g/mol. The molecule has 2 fully saturated rings. The molecular weight excluding hydrogens is 456 g/mol. The van der Waals surface area contributed by atoms with E-state index in [1.54, 1.807) is 13.7 Å². The first kappa shape index (κ1) is 27.0. The molecule has 0 aromatic heterocycles. The molecule has 9 heteroatoms. The van der Waals surface area contributed by atoms with Gasteiger partial charge in [0.05, 0.1) is 24.4 Å². The van der Waals surface area contributed by atoms with Crippen LogP contribution in [0.3, 0.4) is 0 Å². The number of hydrogen-bond acceptors (Lipinski definition) is 7. The van der Waals surface area contributed by atoms with Crippen LogP contribution in [-0.4, -0.2) is 73.9 Å². The van der Waals surface area contributed by atoms with Gasteiger partial charge < -0.3 is 33.8 Å². The van der Waals surface area contributed by atoms with Gasteiger partial charge in [-0.3, -0.25) is 0 Å². The van der Waals surface area contributed by atoms with Gasteiger partial charge in [-0.1, -0.05) is 30.3 Å². The fraction of sp³-hybridized carbons (Fsp3) is 0.750. The van der Waals surface area contributed by atoms with E-state index in [0.717, 1.165) is 30.9 Å². The number of benzene rings is 1. The van der Waals surface area contributed by atoms with E-state index in [0.29, 0.717) is 49.6 Å². The van der Waals surface area contributed by atoms with Gasteiger partial charge in [0.1, 0.15) is 0 Å². The Hall–Kier alpha value is -0.626. The zero-order chi connectivity index (χ0) is 24.1. The van der Waals surface area contributed by atoms with Gasteiger partial charge in [-0.25, -0.2) is 0 Å². The lowest BCUT2D eigenvalue weighted by Gasteiger charge is -2.39. The third-order valence-electron chi connectivity index (χ3n) is 7.71. The van der Waals surface area contributed by atoms with E-state index in [2.05, 4.69) is 0 Å². The molecule has 7 atom stereocenters. The minimum atomic E-state index is -3.20. The van der Waals surface area contributed by atoms with Crippen molar-refractivity contribution in [1.82, 2.24) is 0 Å². The van der Waals surface area contributed by atoms with E-state index in [1.807, 2.05) is 30.3 Å². The molecule has 3 rings (SSSR count). The lowest BCUT2D eigenvalue weighted by molar-refractivity contribution is -0.0265. The van der Waals surface area contributed by atoms with E-state index in [4.69, 9.17) is 8.54 Å². The number of aliphatic hydroxyl groups is 4. The molecule has 188 valence electrons. The Morgan fingerprint density at radius 1 is 0.788 bits per heavy atom. The van der Waals surface area contributed by atoms with Crippen LogP contribution in [0.5, 0.6) is 0 Å². The molecule has 2 aliphatic rings. The minimum absolute atomic E-state index is 0.295. The van der Waals surface area contributed by atoms with Crippen LogP contribution >= 0.6 is 0 Å². The summed E-state index contributed by atoms with van der Waals surface area (Å²) in [6.45, 7) is 1.80. The van der Waals surface area contributed by atoms with Crippen molar-refractivity contribution in [2.75, 3.05) is 7.11 Å². The second kappa shape index (κ2) is 11.9. The minimum Gasteiger partial charge on any atom is -0.411 e. The summed E-state index contributed by atoms with van der Waals surface area (Å²) in [5.41, 5.74) is 0. The molecule has 0 spiro atoms. The third-order valence-corrected chi connectivity index (χ3v) is 15.0. The van der Waals surface area contributed by atoms with Gasteiger partial charge in [0.25, 0.3) is 0 Å². The van der Waals surface area contributed by atoms with Crippen LogP contribution in [0.15, 0.2) is 30.3 Å². The molecule has 1 aromatic rings. The molecule has 2 saturated carbocycles. The molecule has 7 nitrogen and oxygen atoms in total. The standard InChI is InChI=1S/C24H42O7Si2/c1-30-33(14-12-18-8-10-21(25)23(27)16-18,15-13-19-9-11-22(26)24(28)17-19)31-32(2,29)20-6-4-3-5-7-20/h3-7,18-19,21-29H,8-17H2,1-2H3. The summed E-state index contributed by atoms with van der Waals surface area (Å²) in [4.78, 5) is 11.4. The van der Waals surface area contributed by atoms with Crippen LogP contribution in [0.2, 0.25) is 18.6 Å². The fourth-order valence-electron chi connectivity index (χ4n) is 5.44. The average Bonchev–Trinajstić information content (AvgIpc) is 2.80. The topological polar surface area (TPSA) is 120 Å². The summed E-state index contributed by atoms with van der Waals surface area (Å²) < 4.78 is 12.8. The van der Waals surface area contributed by atoms with Gasteiger partial charge in [-0.05, 0) is 87.0 Å². The maximum atomic E-state index is 11.4. The highest BCUT2D eigenvalue weighted by Gasteiger charge is 2.46. The number of rotatable bonds is 10. The second-order valence-electron chi connectivity index (χ2n) is 10.3. The Labute approximate surface area is 199 Å². The van der Waals surface area contributed by atoms with Crippen molar-refractivity contribution in [1.29, 1.82) is 0 Å². The third kappa shape index (κ3) is 7.43. The van der Waals surface area contributed by atoms with Crippen LogP contribution in [0, 0.1) is 11.8 Å². The highest BCUT2D eigenvalue weighted by molar-refractivity contribution is 6.87. The maximum absolute atomic E-state index is 11.4. The Morgan fingerprint density at radius 3 is 1.70 bits per heavy atom. The predicted octanol–water partition coefficient (Wildman–Crippen LogP) is 1.89. The summed E-state index contributed by atoms with van der Waals surface area (Å²) in [5.74, 6) is 0.591. The van der Waals surface area contributed by atoms with Gasteiger partial charge in [0.2, 0.25) is 0 Å². The second-order valence-corrected chi connectivity index (χ2v) is 16.9. The van der Waals surface area contributed by atoms with Crippen LogP contribution in [0.25, 0.3) is 0 Å². The normalized spacial score (nSPS) is 34.4. The molecular formula is C24H42O7Si2. The quantitative estimate of drug-likeness (QED) is 0.313. The molecule has 1 aromatic carbocycles. The van der Waals surface area contributed by atoms with Crippen molar-refractivity contribution in [2.45, 2.75) is 94.4 Å². The predicted molar refractivity (Wildman–Crippen MR) is 131 cm³/mol. The molecule has 0 saturated heterocycles. The summed E-state index contributed by atoms with van der Waals surface area (Å²) in [5, 5.41) is 40.8. The van der Waals surface area contributed by atoms with Crippen molar-refractivity contribution < 1.29 is 33.8 Å². The Bertz CT molecular complexity index is 690. The SMILES string of the molecule is CO[Si](CCC1CCC(O)C(O)C1)(CCC1CCC(O)C(O)C1)O[Si](C)(O)c1ccccc1. The zero-order valence-corrected chi connectivity index (χ0v) is 22.0. The Kier molecular flexibility index (Phi) is 9.70. The van der Waals surface area contributed by atoms with Crippen LogP contribution < -0.4 is 5.19 Å². The van der Waals surface area contributed by atoms with E-state index in [-0.39, 0.29) is 0 Å². The van der Waals surface area contributed by atoms with E-state index in [9.17, 15) is 25.2 Å². The largest absolute Gasteiger partial charge is 0.411 e. The summed E-state index contributed by atoms with van der Waals surface area (Å²) in [6, 6.07) is 11.0. The first-order chi connectivity index (χ1) is 15.6. The molecule has 0 amide bonds. The van der Waals surface area contributed by atoms with Crippen LogP contribution in [0.1, 0.15) is 51.4 Å². The van der Waals surface area contributed by atoms with Crippen molar-refractivity contribution in [3.05, 3.63) is 30.3 Å². The van der Waals surface area contributed by atoms with Gasteiger partial charge in [-0.2, -0.15) is 0 Å². The lowest BCUT2D eigenvalue weighted by atomic mass is 9.84. The van der Waals surface area contributed by atoms with Crippen molar-refractivity contribution >= 4 is 22.3 Å². The van der Waals surface area contributed by atoms with Crippen LogP contribution in [-0.2, 0) is 8.54 Å². The van der Waals surface area contributed by atoms with Gasteiger partial charge in [-0.15, -0.1) is 0 Å². The fourth-order valence-corrected chi connectivity index (χ4v) is 13.1. The van der Waals surface area contributed by atoms with E-state index >= 15 is 0 Å². The molecule has 0 heterocycles. The molecule has 0 bridgehead atoms. The Morgan fingerprint density at radius 2 is 1.27 bits per heavy atom. The molecule has 5 N–H and O–H groups in total. The average molecular weight is 499 g/mol. The molecule has 33 heavy (non-hydrogen) atoms. The summed E-state index contributed by atoms with van der Waals surface area (Å²) in [7, 11) is -4.33. The van der Waals surface area contributed by atoms with Crippen LogP contribution in [0.4, 0.5) is 0 Å². The van der Waals surface area contributed by atoms with Crippen molar-refractivity contribution in [2.24, 2.45) is 11.8 Å². The smallest absolute Gasteiger partial charge is 0.357 e. The molecule has 7 unspecified atom stereocenters. The molecule has 2 aliphatic carbocycles. The summed E-state index contributed by atoms with van der Waals surface area (Å²) in [6.07, 6.45) is 3.12. The summed E-state index contributed by atoms with van der Waals surface area (Å²) >= 11 is 0. The highest BCUT2D eigenvalue weighted by atomic mass is 28.5. The van der Waals surface area contributed by atoms with Crippen molar-refractivity contribution in [3.8, 4) is 0 Å². The maximum Gasteiger partial charge on any atom is 0.357 e. The molecule has 0 aliphatic heterocycles. The first-order valence-corrected chi connectivity index (χ1v) is 17.0. The van der Waals surface area contributed by atoms with Gasteiger partial charge in [0.15, 0.2) is 0 Å². The number of hydrogen-bond donors (Lipinski definition) is 5.